The molecule has 0 radical (unpaired) electrons. The fourth-order valence-electron chi connectivity index (χ4n) is 2.15. The topological polar surface area (TPSA) is 52.7 Å². The molecule has 1 aliphatic heterocycles. The van der Waals surface area contributed by atoms with Crippen LogP contribution >= 0.6 is 0 Å². The third kappa shape index (κ3) is 2.33. The molecule has 0 aliphatic carbocycles. The molecule has 1 N–H and O–H groups in total. The fourth-order valence-corrected chi connectivity index (χ4v) is 3.61. The third-order valence-corrected chi connectivity index (χ3v) is 5.08. The van der Waals surface area contributed by atoms with Crippen molar-refractivity contribution in [1.29, 1.82) is 0 Å². The van der Waals surface area contributed by atoms with Gasteiger partial charge in [-0.1, -0.05) is 0 Å². The highest BCUT2D eigenvalue weighted by Gasteiger charge is 2.43. The first kappa shape index (κ1) is 12.9. The Balaban J connectivity index is 2.95. The minimum absolute atomic E-state index is 0.280. The van der Waals surface area contributed by atoms with E-state index in [0.717, 1.165) is 12.8 Å². The Morgan fingerprint density at radius 1 is 1.47 bits per heavy atom. The van der Waals surface area contributed by atoms with Crippen LogP contribution in [0.25, 0.3) is 0 Å². The van der Waals surface area contributed by atoms with Crippen molar-refractivity contribution in [2.24, 2.45) is 0 Å². The second kappa shape index (κ2) is 4.37. The first-order chi connectivity index (χ1) is 6.84. The maximum Gasteiger partial charge on any atom is 0.282 e. The summed E-state index contributed by atoms with van der Waals surface area (Å²) < 4.78 is 27.0. The number of hydrogen-bond acceptors (Lipinski definition) is 3. The molecule has 5 nitrogen and oxygen atoms in total. The Morgan fingerprint density at radius 2 is 2.07 bits per heavy atom. The van der Waals surface area contributed by atoms with Crippen molar-refractivity contribution in [3.05, 3.63) is 0 Å². The van der Waals surface area contributed by atoms with Crippen LogP contribution in [0.15, 0.2) is 0 Å². The van der Waals surface area contributed by atoms with E-state index in [2.05, 4.69) is 5.32 Å². The molecule has 0 aromatic rings. The number of nitrogens with zero attached hydrogens (tertiary/aromatic N) is 2. The first-order valence-corrected chi connectivity index (χ1v) is 6.59. The summed E-state index contributed by atoms with van der Waals surface area (Å²) in [6, 6.07) is 0. The minimum Gasteiger partial charge on any atom is -0.318 e. The summed E-state index contributed by atoms with van der Waals surface area (Å²) in [5.74, 6) is 0. The molecule has 0 amide bonds. The maximum absolute atomic E-state index is 12.0. The Hall–Kier alpha value is -0.170. The highest BCUT2D eigenvalue weighted by atomic mass is 32.2. The van der Waals surface area contributed by atoms with Crippen LogP contribution in [0.2, 0.25) is 0 Å². The molecule has 1 fully saturated rings. The Bertz CT molecular complexity index is 315. The van der Waals surface area contributed by atoms with Gasteiger partial charge in [-0.05, 0) is 26.8 Å². The van der Waals surface area contributed by atoms with E-state index in [1.165, 1.54) is 4.31 Å². The molecule has 1 heterocycles. The van der Waals surface area contributed by atoms with E-state index in [4.69, 9.17) is 0 Å². The van der Waals surface area contributed by atoms with E-state index in [1.807, 2.05) is 14.0 Å². The van der Waals surface area contributed by atoms with E-state index in [1.54, 1.807) is 18.4 Å². The molecule has 0 bridgehead atoms. The van der Waals surface area contributed by atoms with Gasteiger partial charge < -0.3 is 5.32 Å². The molecule has 1 aliphatic rings. The van der Waals surface area contributed by atoms with Crippen molar-refractivity contribution in [2.75, 3.05) is 34.2 Å². The molecule has 0 aromatic carbocycles. The number of rotatable bonds is 4. The maximum atomic E-state index is 12.0. The van der Waals surface area contributed by atoms with Crippen molar-refractivity contribution in [1.82, 2.24) is 13.9 Å². The predicted octanol–water partition coefficient (Wildman–Crippen LogP) is -0.133. The van der Waals surface area contributed by atoms with Gasteiger partial charge in [0.25, 0.3) is 10.2 Å². The molecule has 1 rings (SSSR count). The Kier molecular flexibility index (Phi) is 3.76. The molecule has 15 heavy (non-hydrogen) atoms. The van der Waals surface area contributed by atoms with Gasteiger partial charge >= 0.3 is 0 Å². The van der Waals surface area contributed by atoms with Crippen molar-refractivity contribution >= 4 is 10.2 Å². The van der Waals surface area contributed by atoms with Crippen LogP contribution in [0, 0.1) is 0 Å². The van der Waals surface area contributed by atoms with Gasteiger partial charge in [0.2, 0.25) is 0 Å². The average Bonchev–Trinajstić information content (AvgIpc) is 2.48. The lowest BCUT2D eigenvalue weighted by atomic mass is 10.0. The third-order valence-electron chi connectivity index (χ3n) is 2.98. The molecule has 0 spiro atoms. The molecule has 6 heteroatoms. The average molecular weight is 235 g/mol. The largest absolute Gasteiger partial charge is 0.318 e. The second-order valence-corrected chi connectivity index (χ2v) is 6.56. The van der Waals surface area contributed by atoms with Gasteiger partial charge in [-0.15, -0.1) is 0 Å². The summed E-state index contributed by atoms with van der Waals surface area (Å²) in [5, 5.41) is 3.07. The van der Waals surface area contributed by atoms with E-state index >= 15 is 0 Å². The van der Waals surface area contributed by atoms with Crippen LogP contribution in [-0.2, 0) is 10.2 Å². The van der Waals surface area contributed by atoms with Gasteiger partial charge in [-0.3, -0.25) is 0 Å². The molecular weight excluding hydrogens is 214 g/mol. The van der Waals surface area contributed by atoms with Crippen LogP contribution in [0.1, 0.15) is 19.8 Å². The molecular formula is C9H21N3O2S. The van der Waals surface area contributed by atoms with Crippen LogP contribution in [0.5, 0.6) is 0 Å². The highest BCUT2D eigenvalue weighted by Crippen LogP contribution is 2.31. The van der Waals surface area contributed by atoms with Crippen LogP contribution in [-0.4, -0.2) is 56.8 Å². The van der Waals surface area contributed by atoms with Crippen molar-refractivity contribution < 1.29 is 8.42 Å². The van der Waals surface area contributed by atoms with E-state index < -0.39 is 10.2 Å². The molecule has 0 saturated carbocycles. The van der Waals surface area contributed by atoms with E-state index in [0.29, 0.717) is 13.1 Å². The lowest BCUT2D eigenvalue weighted by molar-refractivity contribution is 0.247. The number of likely N-dealkylation sites (N-methyl/N-ethyl adjacent to an activating group) is 1. The minimum atomic E-state index is -3.28. The lowest BCUT2D eigenvalue weighted by Gasteiger charge is -2.35. The number of hydrogen-bond donors (Lipinski definition) is 1. The zero-order valence-electron chi connectivity index (χ0n) is 9.95. The monoisotopic (exact) mass is 235 g/mol. The summed E-state index contributed by atoms with van der Waals surface area (Å²) in [6.07, 6.45) is 1.85. The quantitative estimate of drug-likeness (QED) is 0.738. The first-order valence-electron chi connectivity index (χ1n) is 5.19. The van der Waals surface area contributed by atoms with Crippen molar-refractivity contribution in [3.63, 3.8) is 0 Å². The van der Waals surface area contributed by atoms with Gasteiger partial charge in [0.15, 0.2) is 0 Å². The molecule has 0 aromatic heterocycles. The summed E-state index contributed by atoms with van der Waals surface area (Å²) >= 11 is 0. The summed E-state index contributed by atoms with van der Waals surface area (Å²) in [4.78, 5) is 0. The lowest BCUT2D eigenvalue weighted by Crippen LogP contribution is -2.53. The van der Waals surface area contributed by atoms with Crippen LogP contribution in [0.4, 0.5) is 0 Å². The molecule has 1 unspecified atom stereocenters. The normalized spacial score (nSPS) is 28.9. The summed E-state index contributed by atoms with van der Waals surface area (Å²) in [6.45, 7) is 3.32. The zero-order valence-corrected chi connectivity index (χ0v) is 10.8. The van der Waals surface area contributed by atoms with Crippen LogP contribution in [0.3, 0.4) is 0 Å². The predicted molar refractivity (Wildman–Crippen MR) is 60.9 cm³/mol. The molecule has 90 valence electrons. The standard InChI is InChI=1S/C9H21N3O2S/c1-9(8-10-2)6-5-7-12(9)15(13,14)11(3)4/h10H,5-8H2,1-4H3. The summed E-state index contributed by atoms with van der Waals surface area (Å²) in [5.41, 5.74) is -0.280. The van der Waals surface area contributed by atoms with Crippen molar-refractivity contribution in [3.8, 4) is 0 Å². The van der Waals surface area contributed by atoms with E-state index in [-0.39, 0.29) is 5.54 Å². The fraction of sp³-hybridized carbons (Fsp3) is 1.00. The van der Waals surface area contributed by atoms with Gasteiger partial charge in [-0.2, -0.15) is 17.0 Å². The van der Waals surface area contributed by atoms with Gasteiger partial charge in [0, 0.05) is 32.7 Å². The smallest absolute Gasteiger partial charge is 0.282 e. The Labute approximate surface area is 92.6 Å². The molecule has 1 atom stereocenters. The second-order valence-electron chi connectivity index (χ2n) is 4.49. The Morgan fingerprint density at radius 3 is 2.53 bits per heavy atom. The van der Waals surface area contributed by atoms with Gasteiger partial charge in [0.1, 0.15) is 0 Å². The SMILES string of the molecule is CNCC1(C)CCCN1S(=O)(=O)N(C)C. The zero-order chi connectivity index (χ0) is 11.7. The van der Waals surface area contributed by atoms with Crippen molar-refractivity contribution in [2.45, 2.75) is 25.3 Å². The van der Waals surface area contributed by atoms with Gasteiger partial charge in [0.05, 0.1) is 0 Å². The number of nitrogens with one attached hydrogen (secondary N) is 1. The summed E-state index contributed by atoms with van der Waals surface area (Å²) in [7, 11) is 1.73. The van der Waals surface area contributed by atoms with E-state index in [9.17, 15) is 8.42 Å². The van der Waals surface area contributed by atoms with Gasteiger partial charge in [-0.25, -0.2) is 0 Å². The highest BCUT2D eigenvalue weighted by molar-refractivity contribution is 7.86. The molecule has 1 saturated heterocycles. The van der Waals surface area contributed by atoms with Crippen LogP contribution < -0.4 is 5.32 Å².